The van der Waals surface area contributed by atoms with Crippen LogP contribution in [-0.2, 0) is 0 Å². The van der Waals surface area contributed by atoms with E-state index >= 15 is 0 Å². The van der Waals surface area contributed by atoms with Crippen LogP contribution in [0.2, 0.25) is 0 Å². The quantitative estimate of drug-likeness (QED) is 0.221. The Labute approximate surface area is 178 Å². The monoisotopic (exact) mass is 403 g/mol. The number of hydrazone groups is 1. The van der Waals surface area contributed by atoms with Crippen molar-refractivity contribution in [1.29, 1.82) is 0 Å². The number of thiocarbonyl (C=S) groups is 1. The normalized spacial score (nSPS) is 30.4. The number of allylic oxidation sites excluding steroid dienone is 4. The summed E-state index contributed by atoms with van der Waals surface area (Å²) in [7, 11) is 0. The Morgan fingerprint density at radius 1 is 1.29 bits per heavy atom. The van der Waals surface area contributed by atoms with Crippen LogP contribution < -0.4 is 11.2 Å². The second kappa shape index (κ2) is 9.56. The lowest BCUT2D eigenvalue weighted by molar-refractivity contribution is -0.0390. The Morgan fingerprint density at radius 3 is 2.68 bits per heavy atom. The lowest BCUT2D eigenvalue weighted by atomic mass is 9.48. The third-order valence-electron chi connectivity index (χ3n) is 7.48. The van der Waals surface area contributed by atoms with E-state index in [1.165, 1.54) is 44.1 Å². The van der Waals surface area contributed by atoms with Gasteiger partial charge in [-0.1, -0.05) is 50.5 Å². The number of nitrogens with one attached hydrogen (secondary N) is 1. The molecule has 158 valence electrons. The lowest BCUT2D eigenvalue weighted by Crippen LogP contribution is -2.48. The van der Waals surface area contributed by atoms with Gasteiger partial charge in [-0.2, -0.15) is 5.10 Å². The molecular formula is C24H41N3S. The van der Waals surface area contributed by atoms with Gasteiger partial charge in [0.15, 0.2) is 5.11 Å². The number of nitrogens with two attached hydrogens (primary N) is 1. The summed E-state index contributed by atoms with van der Waals surface area (Å²) in [6.07, 6.45) is 14.8. The van der Waals surface area contributed by atoms with Crippen LogP contribution in [0.1, 0.15) is 92.9 Å². The molecule has 28 heavy (non-hydrogen) atoms. The van der Waals surface area contributed by atoms with Crippen molar-refractivity contribution in [2.75, 3.05) is 0 Å². The Kier molecular flexibility index (Phi) is 7.89. The smallest absolute Gasteiger partial charge is 0.184 e. The second-order valence-corrected chi connectivity index (χ2v) is 10.5. The number of nitrogens with zero attached hydrogens (tertiary/aromatic N) is 1. The van der Waals surface area contributed by atoms with Gasteiger partial charge in [-0.25, -0.2) is 0 Å². The molecule has 0 aromatic heterocycles. The molecule has 1 saturated carbocycles. The summed E-state index contributed by atoms with van der Waals surface area (Å²) >= 11 is 4.78. The van der Waals surface area contributed by atoms with Gasteiger partial charge in [-0.05, 0) is 101 Å². The van der Waals surface area contributed by atoms with Crippen molar-refractivity contribution in [2.24, 2.45) is 33.5 Å². The minimum Gasteiger partial charge on any atom is -0.375 e. The molecule has 0 amide bonds. The van der Waals surface area contributed by atoms with Crippen LogP contribution in [0.25, 0.3) is 0 Å². The summed E-state index contributed by atoms with van der Waals surface area (Å²) in [6, 6.07) is 0. The number of hydrogen-bond donors (Lipinski definition) is 2. The molecule has 3 atom stereocenters. The zero-order valence-corrected chi connectivity index (χ0v) is 19.7. The highest BCUT2D eigenvalue weighted by Crippen LogP contribution is 2.60. The van der Waals surface area contributed by atoms with Crippen LogP contribution in [0, 0.1) is 22.7 Å². The Morgan fingerprint density at radius 2 is 2.00 bits per heavy atom. The fraction of sp³-hybridized carbons (Fsp3) is 0.750. The molecule has 0 aliphatic heterocycles. The fourth-order valence-electron chi connectivity index (χ4n) is 5.90. The number of hydrogen-bond acceptors (Lipinski definition) is 2. The lowest BCUT2D eigenvalue weighted by Gasteiger charge is -2.57. The van der Waals surface area contributed by atoms with Crippen LogP contribution in [-0.4, -0.2) is 10.8 Å². The van der Waals surface area contributed by atoms with Gasteiger partial charge < -0.3 is 5.73 Å². The molecule has 0 spiro atoms. The summed E-state index contributed by atoms with van der Waals surface area (Å²) in [4.78, 5) is 0. The minimum atomic E-state index is 0.222. The largest absolute Gasteiger partial charge is 0.375 e. The maximum Gasteiger partial charge on any atom is 0.184 e. The van der Waals surface area contributed by atoms with E-state index in [-0.39, 0.29) is 5.11 Å². The highest BCUT2D eigenvalue weighted by Gasteiger charge is 2.51. The van der Waals surface area contributed by atoms with Gasteiger partial charge in [0.05, 0.1) is 0 Å². The van der Waals surface area contributed by atoms with Gasteiger partial charge in [0, 0.05) is 5.71 Å². The second-order valence-electron chi connectivity index (χ2n) is 10.1. The maximum atomic E-state index is 5.41. The molecule has 3 N–H and O–H groups in total. The molecule has 4 heteroatoms. The van der Waals surface area contributed by atoms with Crippen molar-refractivity contribution < 1.29 is 0 Å². The van der Waals surface area contributed by atoms with Crippen LogP contribution in [0.3, 0.4) is 0 Å². The van der Waals surface area contributed by atoms with Crippen molar-refractivity contribution in [3.8, 4) is 0 Å². The molecule has 0 saturated heterocycles. The summed E-state index contributed by atoms with van der Waals surface area (Å²) in [6.45, 7) is 14.3. The van der Waals surface area contributed by atoms with Crippen LogP contribution in [0.5, 0.6) is 0 Å². The van der Waals surface area contributed by atoms with Crippen LogP contribution in [0.15, 0.2) is 28.4 Å². The molecule has 0 unspecified atom stereocenters. The summed E-state index contributed by atoms with van der Waals surface area (Å²) < 4.78 is 0. The average Bonchev–Trinajstić information content (AvgIpc) is 2.58. The van der Waals surface area contributed by atoms with E-state index in [9.17, 15) is 0 Å². The zero-order chi connectivity index (χ0) is 20.9. The Bertz CT molecular complexity index is 659. The van der Waals surface area contributed by atoms with Crippen molar-refractivity contribution in [3.63, 3.8) is 0 Å². The molecule has 3 nitrogen and oxygen atoms in total. The fourth-order valence-corrected chi connectivity index (χ4v) is 5.95. The molecule has 0 radical (unpaired) electrons. The molecule has 0 heterocycles. The maximum absolute atomic E-state index is 5.41. The molecule has 2 aliphatic rings. The van der Waals surface area contributed by atoms with E-state index in [1.807, 2.05) is 6.92 Å². The van der Waals surface area contributed by atoms with Gasteiger partial charge in [0.25, 0.3) is 0 Å². The average molecular weight is 404 g/mol. The van der Waals surface area contributed by atoms with Crippen LogP contribution in [0.4, 0.5) is 0 Å². The number of rotatable bonds is 7. The van der Waals surface area contributed by atoms with Crippen molar-refractivity contribution in [1.82, 2.24) is 5.43 Å². The van der Waals surface area contributed by atoms with Crippen molar-refractivity contribution in [2.45, 2.75) is 92.9 Å². The SMILES string of the molecule is CC(=CCC/C(C)=N\NC(N)=S)CC[C@@H]1C(C)=CC[C@H]2C(C)(C)CCC[C@@]12C. The van der Waals surface area contributed by atoms with Gasteiger partial charge in [-0.3, -0.25) is 5.43 Å². The Hall–Kier alpha value is -1.16. The van der Waals surface area contributed by atoms with E-state index < -0.39 is 0 Å². The molecule has 1 fully saturated rings. The molecular weight excluding hydrogens is 362 g/mol. The van der Waals surface area contributed by atoms with Gasteiger partial charge >= 0.3 is 0 Å². The van der Waals surface area contributed by atoms with Gasteiger partial charge in [0.1, 0.15) is 0 Å². The first kappa shape index (κ1) is 23.1. The molecule has 0 aromatic rings. The first-order chi connectivity index (χ1) is 13.1. The summed E-state index contributed by atoms with van der Waals surface area (Å²) in [5.41, 5.74) is 13.2. The summed E-state index contributed by atoms with van der Waals surface area (Å²) in [5, 5.41) is 4.40. The predicted octanol–water partition coefficient (Wildman–Crippen LogP) is 6.50. The van der Waals surface area contributed by atoms with Crippen molar-refractivity contribution >= 4 is 23.0 Å². The predicted molar refractivity (Wildman–Crippen MR) is 126 cm³/mol. The third-order valence-corrected chi connectivity index (χ3v) is 7.57. The first-order valence-electron chi connectivity index (χ1n) is 11.0. The molecule has 0 aromatic carbocycles. The van der Waals surface area contributed by atoms with E-state index in [1.54, 1.807) is 5.57 Å². The Balaban J connectivity index is 1.95. The van der Waals surface area contributed by atoms with E-state index in [0.717, 1.165) is 30.4 Å². The topological polar surface area (TPSA) is 50.4 Å². The van der Waals surface area contributed by atoms with Gasteiger partial charge in [0.2, 0.25) is 0 Å². The van der Waals surface area contributed by atoms with Gasteiger partial charge in [-0.15, -0.1) is 0 Å². The number of fused-ring (bicyclic) bond motifs is 1. The summed E-state index contributed by atoms with van der Waals surface area (Å²) in [5.74, 6) is 1.55. The highest BCUT2D eigenvalue weighted by molar-refractivity contribution is 7.80. The van der Waals surface area contributed by atoms with E-state index in [2.05, 4.69) is 57.3 Å². The highest BCUT2D eigenvalue weighted by atomic mass is 32.1. The van der Waals surface area contributed by atoms with E-state index in [0.29, 0.717) is 10.8 Å². The molecule has 2 aliphatic carbocycles. The first-order valence-corrected chi connectivity index (χ1v) is 11.4. The third kappa shape index (κ3) is 5.68. The van der Waals surface area contributed by atoms with Crippen LogP contribution >= 0.6 is 12.2 Å². The molecule has 2 rings (SSSR count). The van der Waals surface area contributed by atoms with E-state index in [4.69, 9.17) is 18.0 Å². The standard InChI is InChI=1S/C24H41N3S/c1-17(9-7-10-19(3)26-27-22(25)28)11-13-20-18(2)12-14-21-23(4,5)15-8-16-24(20,21)6/h9,12,20-21H,7-8,10-11,13-16H2,1-6H3,(H3,25,27,28)/b17-9?,26-19-/t20-,21+,24+/m1/s1. The zero-order valence-electron chi connectivity index (χ0n) is 18.9. The van der Waals surface area contributed by atoms with Crippen molar-refractivity contribution in [3.05, 3.63) is 23.3 Å². The minimum absolute atomic E-state index is 0.222. The molecule has 0 bridgehead atoms.